The zero-order valence-electron chi connectivity index (χ0n) is 19.5. The van der Waals surface area contributed by atoms with Gasteiger partial charge >= 0.3 is 0 Å². The van der Waals surface area contributed by atoms with E-state index in [1.807, 2.05) is 18.5 Å². The minimum atomic E-state index is -0.250. The van der Waals surface area contributed by atoms with E-state index >= 15 is 0 Å². The lowest BCUT2D eigenvalue weighted by atomic mass is 9.90. The van der Waals surface area contributed by atoms with Crippen molar-refractivity contribution in [2.24, 2.45) is 7.05 Å². The lowest BCUT2D eigenvalue weighted by molar-refractivity contribution is 0.0981. The standard InChI is InChI=1S/C25H31FN6O/c1-17-14-20(24-27-9-11-30(24)3)8-10-31(17)23-15-22(19-4-6-21(26)7-5-19)28-25(29-23)32-12-13-33-16-18(32)2/h4-7,9,11,15,17-18,20H,8,10,12-14,16H2,1-3H3/t17-,18-,20?/m1/s1. The van der Waals surface area contributed by atoms with Gasteiger partial charge < -0.3 is 19.1 Å². The molecule has 33 heavy (non-hydrogen) atoms. The summed E-state index contributed by atoms with van der Waals surface area (Å²) in [5, 5.41) is 0. The zero-order chi connectivity index (χ0) is 22.9. The average molecular weight is 451 g/mol. The van der Waals surface area contributed by atoms with Crippen molar-refractivity contribution in [3.8, 4) is 11.3 Å². The van der Waals surface area contributed by atoms with Crippen LogP contribution in [-0.4, -0.2) is 57.9 Å². The van der Waals surface area contributed by atoms with E-state index in [0.717, 1.165) is 48.8 Å². The third kappa shape index (κ3) is 4.44. The summed E-state index contributed by atoms with van der Waals surface area (Å²) in [7, 11) is 2.06. The number of hydrogen-bond acceptors (Lipinski definition) is 6. The van der Waals surface area contributed by atoms with E-state index in [-0.39, 0.29) is 11.9 Å². The Morgan fingerprint density at radius 3 is 2.55 bits per heavy atom. The molecule has 3 atom stereocenters. The molecule has 3 aromatic rings. The number of aryl methyl sites for hydroxylation is 1. The number of piperidine rings is 1. The maximum absolute atomic E-state index is 13.6. The molecular formula is C25H31FN6O. The van der Waals surface area contributed by atoms with Crippen LogP contribution in [0.5, 0.6) is 0 Å². The second-order valence-corrected chi connectivity index (χ2v) is 9.20. The monoisotopic (exact) mass is 450 g/mol. The van der Waals surface area contributed by atoms with E-state index in [1.54, 1.807) is 12.1 Å². The van der Waals surface area contributed by atoms with Crippen molar-refractivity contribution in [1.82, 2.24) is 19.5 Å². The normalized spacial score (nSPS) is 23.7. The minimum Gasteiger partial charge on any atom is -0.377 e. The fourth-order valence-corrected chi connectivity index (χ4v) is 5.01. The molecule has 0 radical (unpaired) electrons. The first-order chi connectivity index (χ1) is 16.0. The van der Waals surface area contributed by atoms with Crippen LogP contribution in [-0.2, 0) is 11.8 Å². The molecule has 1 aromatic carbocycles. The number of aromatic nitrogens is 4. The van der Waals surface area contributed by atoms with Gasteiger partial charge in [-0.2, -0.15) is 4.98 Å². The summed E-state index contributed by atoms with van der Waals surface area (Å²) in [6, 6.07) is 9.08. The van der Waals surface area contributed by atoms with Gasteiger partial charge in [-0.15, -0.1) is 0 Å². The summed E-state index contributed by atoms with van der Waals surface area (Å²) in [5.74, 6) is 2.97. The number of nitrogens with zero attached hydrogens (tertiary/aromatic N) is 6. The van der Waals surface area contributed by atoms with Crippen LogP contribution < -0.4 is 9.80 Å². The van der Waals surface area contributed by atoms with Gasteiger partial charge in [-0.1, -0.05) is 0 Å². The van der Waals surface area contributed by atoms with Crippen molar-refractivity contribution < 1.29 is 9.13 Å². The SMILES string of the molecule is C[C@@H]1CC(c2nccn2C)CCN1c1cc(-c2ccc(F)cc2)nc(N2CCOC[C@H]2C)n1. The lowest BCUT2D eigenvalue weighted by Crippen LogP contribution is -2.45. The van der Waals surface area contributed by atoms with E-state index in [4.69, 9.17) is 14.7 Å². The Morgan fingerprint density at radius 1 is 1.03 bits per heavy atom. The van der Waals surface area contributed by atoms with Crippen molar-refractivity contribution in [3.05, 3.63) is 54.4 Å². The summed E-state index contributed by atoms with van der Waals surface area (Å²) in [6.07, 6.45) is 5.93. The van der Waals surface area contributed by atoms with Gasteiger partial charge in [0, 0.05) is 56.1 Å². The van der Waals surface area contributed by atoms with Crippen LogP contribution in [0, 0.1) is 5.82 Å². The highest BCUT2D eigenvalue weighted by molar-refractivity contribution is 5.65. The maximum Gasteiger partial charge on any atom is 0.228 e. The molecule has 2 fully saturated rings. The molecule has 7 nitrogen and oxygen atoms in total. The molecular weight excluding hydrogens is 419 g/mol. The highest BCUT2D eigenvalue weighted by Crippen LogP contribution is 2.35. The van der Waals surface area contributed by atoms with E-state index < -0.39 is 0 Å². The molecule has 0 spiro atoms. The first-order valence-electron chi connectivity index (χ1n) is 11.7. The van der Waals surface area contributed by atoms with Gasteiger partial charge in [-0.05, 0) is 51.0 Å². The molecule has 5 rings (SSSR count). The second kappa shape index (κ2) is 9.09. The molecule has 174 valence electrons. The molecule has 0 N–H and O–H groups in total. The highest BCUT2D eigenvalue weighted by Gasteiger charge is 2.31. The molecule has 2 aromatic heterocycles. The number of hydrogen-bond donors (Lipinski definition) is 0. The summed E-state index contributed by atoms with van der Waals surface area (Å²) >= 11 is 0. The Labute approximate surface area is 194 Å². The first-order valence-corrected chi connectivity index (χ1v) is 11.7. The van der Waals surface area contributed by atoms with Crippen LogP contribution in [0.15, 0.2) is 42.7 Å². The Bertz CT molecular complexity index is 1100. The van der Waals surface area contributed by atoms with Gasteiger partial charge in [-0.25, -0.2) is 14.4 Å². The number of anilines is 2. The number of morpholine rings is 1. The van der Waals surface area contributed by atoms with Crippen molar-refractivity contribution in [1.29, 1.82) is 0 Å². The van der Waals surface area contributed by atoms with Crippen LogP contribution in [0.25, 0.3) is 11.3 Å². The quantitative estimate of drug-likeness (QED) is 0.599. The van der Waals surface area contributed by atoms with Gasteiger partial charge in [0.25, 0.3) is 0 Å². The van der Waals surface area contributed by atoms with E-state index in [1.165, 1.54) is 12.1 Å². The molecule has 2 aliphatic rings. The molecule has 0 aliphatic carbocycles. The number of ether oxygens (including phenoxy) is 1. The van der Waals surface area contributed by atoms with Crippen LogP contribution in [0.4, 0.5) is 16.2 Å². The maximum atomic E-state index is 13.6. The third-order valence-electron chi connectivity index (χ3n) is 6.86. The van der Waals surface area contributed by atoms with Crippen molar-refractivity contribution in [2.45, 2.75) is 44.7 Å². The van der Waals surface area contributed by atoms with Gasteiger partial charge in [0.15, 0.2) is 0 Å². The number of benzene rings is 1. The van der Waals surface area contributed by atoms with E-state index in [9.17, 15) is 4.39 Å². The summed E-state index contributed by atoms with van der Waals surface area (Å²) < 4.78 is 21.3. The topological polar surface area (TPSA) is 59.3 Å². The lowest BCUT2D eigenvalue weighted by Gasteiger charge is -2.39. The number of imidazole rings is 1. The molecule has 2 saturated heterocycles. The summed E-state index contributed by atoms with van der Waals surface area (Å²) in [6.45, 7) is 7.36. The Kier molecular flexibility index (Phi) is 6.01. The van der Waals surface area contributed by atoms with E-state index in [0.29, 0.717) is 31.1 Å². The molecule has 1 unspecified atom stereocenters. The highest BCUT2D eigenvalue weighted by atomic mass is 19.1. The zero-order valence-corrected chi connectivity index (χ0v) is 19.5. The summed E-state index contributed by atoms with van der Waals surface area (Å²) in [4.78, 5) is 19.1. The Balaban J connectivity index is 1.48. The summed E-state index contributed by atoms with van der Waals surface area (Å²) in [5.41, 5.74) is 1.70. The molecule has 2 aliphatic heterocycles. The van der Waals surface area contributed by atoms with Gasteiger partial charge in [0.2, 0.25) is 5.95 Å². The van der Waals surface area contributed by atoms with Gasteiger partial charge in [0.1, 0.15) is 17.5 Å². The van der Waals surface area contributed by atoms with Crippen LogP contribution in [0.1, 0.15) is 38.4 Å². The van der Waals surface area contributed by atoms with E-state index in [2.05, 4.69) is 40.2 Å². The third-order valence-corrected chi connectivity index (χ3v) is 6.86. The second-order valence-electron chi connectivity index (χ2n) is 9.20. The van der Waals surface area contributed by atoms with Crippen molar-refractivity contribution in [2.75, 3.05) is 36.1 Å². The molecule has 8 heteroatoms. The minimum absolute atomic E-state index is 0.196. The largest absolute Gasteiger partial charge is 0.377 e. The Hall–Kier alpha value is -3.00. The fourth-order valence-electron chi connectivity index (χ4n) is 5.01. The molecule has 4 heterocycles. The van der Waals surface area contributed by atoms with Crippen molar-refractivity contribution >= 4 is 11.8 Å². The number of halogens is 1. The predicted octanol–water partition coefficient (Wildman–Crippen LogP) is 4.01. The average Bonchev–Trinajstić information content (AvgIpc) is 3.25. The fraction of sp³-hybridized carbons (Fsp3) is 0.480. The molecule has 0 amide bonds. The van der Waals surface area contributed by atoms with Gasteiger partial charge in [-0.3, -0.25) is 0 Å². The predicted molar refractivity (Wildman–Crippen MR) is 127 cm³/mol. The Morgan fingerprint density at radius 2 is 1.85 bits per heavy atom. The van der Waals surface area contributed by atoms with Crippen molar-refractivity contribution in [3.63, 3.8) is 0 Å². The van der Waals surface area contributed by atoms with Crippen LogP contribution in [0.2, 0.25) is 0 Å². The smallest absolute Gasteiger partial charge is 0.228 e. The van der Waals surface area contributed by atoms with Crippen LogP contribution >= 0.6 is 0 Å². The number of rotatable bonds is 4. The molecule has 0 saturated carbocycles. The molecule has 0 bridgehead atoms. The first kappa shape index (κ1) is 21.8. The van der Waals surface area contributed by atoms with Crippen LogP contribution in [0.3, 0.4) is 0 Å². The van der Waals surface area contributed by atoms with Gasteiger partial charge in [0.05, 0.1) is 24.9 Å².